The van der Waals surface area contributed by atoms with Crippen LogP contribution in [0.4, 0.5) is 11.8 Å². The first-order chi connectivity index (χ1) is 17.7. The van der Waals surface area contributed by atoms with Gasteiger partial charge in [-0.3, -0.25) is 9.59 Å². The van der Waals surface area contributed by atoms with Crippen LogP contribution >= 0.6 is 0 Å². The molecule has 1 aromatic carbocycles. The van der Waals surface area contributed by atoms with Crippen molar-refractivity contribution in [2.45, 2.75) is 45.6 Å². The summed E-state index contributed by atoms with van der Waals surface area (Å²) in [5.74, 6) is -1.04. The van der Waals surface area contributed by atoms with Gasteiger partial charge in [0.25, 0.3) is 5.91 Å². The van der Waals surface area contributed by atoms with E-state index < -0.39 is 23.9 Å². The molecule has 2 heterocycles. The van der Waals surface area contributed by atoms with E-state index in [1.807, 2.05) is 18.3 Å². The summed E-state index contributed by atoms with van der Waals surface area (Å²) in [7, 11) is 0. The standard InChI is InChI=1S/C26H32N6O5/c1-4-36-20(33)13-15(3)12-19(25(35)37-5-2)30-24(34)17-9-6-16(7-10-17)8-11-18-14-29-23-21(18)22(27)31-26(28)32-23/h6-7,9-10,14,19H,3-5,8,11-13H2,1-2H3,(H,30,34)(H5,27,28,29,31,32)/t19-/m0/s1. The number of amides is 1. The summed E-state index contributed by atoms with van der Waals surface area (Å²) in [6.45, 7) is 7.63. The van der Waals surface area contributed by atoms with E-state index in [1.165, 1.54) is 0 Å². The van der Waals surface area contributed by atoms with Crippen molar-refractivity contribution in [3.63, 3.8) is 0 Å². The lowest BCUT2D eigenvalue weighted by Crippen LogP contribution is -2.42. The predicted molar refractivity (Wildman–Crippen MR) is 139 cm³/mol. The number of fused-ring (bicyclic) bond motifs is 1. The molecule has 0 aliphatic carbocycles. The Hall–Kier alpha value is -4.41. The average molecular weight is 509 g/mol. The number of nitrogens with two attached hydrogens (primary N) is 2. The van der Waals surface area contributed by atoms with E-state index >= 15 is 0 Å². The molecule has 0 aliphatic heterocycles. The summed E-state index contributed by atoms with van der Waals surface area (Å²) in [6.07, 6.45) is 3.22. The summed E-state index contributed by atoms with van der Waals surface area (Å²) in [6, 6.07) is 6.10. The quantitative estimate of drug-likeness (QED) is 0.211. The second-order valence-corrected chi connectivity index (χ2v) is 8.42. The Labute approximate surface area is 214 Å². The zero-order valence-electron chi connectivity index (χ0n) is 21.0. The second-order valence-electron chi connectivity index (χ2n) is 8.42. The van der Waals surface area contributed by atoms with E-state index in [2.05, 4.69) is 26.8 Å². The van der Waals surface area contributed by atoms with E-state index in [0.29, 0.717) is 35.4 Å². The predicted octanol–water partition coefficient (Wildman–Crippen LogP) is 2.47. The van der Waals surface area contributed by atoms with Gasteiger partial charge in [-0.1, -0.05) is 24.3 Å². The molecule has 1 amide bonds. The van der Waals surface area contributed by atoms with Gasteiger partial charge in [-0.15, -0.1) is 0 Å². The van der Waals surface area contributed by atoms with Crippen LogP contribution in [0.5, 0.6) is 0 Å². The van der Waals surface area contributed by atoms with Crippen molar-refractivity contribution in [1.29, 1.82) is 0 Å². The maximum atomic E-state index is 12.9. The lowest BCUT2D eigenvalue weighted by molar-refractivity contribution is -0.146. The van der Waals surface area contributed by atoms with Gasteiger partial charge in [-0.25, -0.2) is 4.79 Å². The van der Waals surface area contributed by atoms with Gasteiger partial charge in [0.15, 0.2) is 0 Å². The minimum Gasteiger partial charge on any atom is -0.466 e. The van der Waals surface area contributed by atoms with Crippen LogP contribution < -0.4 is 16.8 Å². The number of aromatic nitrogens is 3. The van der Waals surface area contributed by atoms with Crippen LogP contribution in [0.25, 0.3) is 11.0 Å². The van der Waals surface area contributed by atoms with Crippen molar-refractivity contribution in [2.75, 3.05) is 24.7 Å². The number of hydrogen-bond donors (Lipinski definition) is 4. The van der Waals surface area contributed by atoms with Crippen LogP contribution in [0.2, 0.25) is 0 Å². The lowest BCUT2D eigenvalue weighted by atomic mass is 10.0. The molecule has 6 N–H and O–H groups in total. The molecule has 37 heavy (non-hydrogen) atoms. The topological polar surface area (TPSA) is 175 Å². The normalized spacial score (nSPS) is 11.6. The summed E-state index contributed by atoms with van der Waals surface area (Å²) in [5, 5.41) is 3.44. The number of ether oxygens (including phenoxy) is 2. The SMILES string of the molecule is C=C(CC(=O)OCC)C[C@H](NC(=O)c1ccc(CCc2c[nH]c3nc(N)nc(N)c23)cc1)C(=O)OCC. The van der Waals surface area contributed by atoms with Crippen LogP contribution in [0.1, 0.15) is 48.2 Å². The Morgan fingerprint density at radius 2 is 1.76 bits per heavy atom. The molecule has 3 aromatic rings. The first kappa shape index (κ1) is 27.2. The molecule has 0 spiro atoms. The van der Waals surface area contributed by atoms with Crippen LogP contribution in [-0.4, -0.2) is 52.1 Å². The number of aryl methyl sites for hydroxylation is 2. The molecule has 0 saturated heterocycles. The number of benzene rings is 1. The minimum absolute atomic E-state index is 0.0457. The lowest BCUT2D eigenvalue weighted by Gasteiger charge is -2.18. The number of rotatable bonds is 12. The molecule has 0 bridgehead atoms. The van der Waals surface area contributed by atoms with Gasteiger partial charge < -0.3 is 31.2 Å². The summed E-state index contributed by atoms with van der Waals surface area (Å²) >= 11 is 0. The number of H-pyrrole nitrogens is 1. The number of carbonyl (C=O) groups excluding carboxylic acids is 3. The third-order valence-corrected chi connectivity index (χ3v) is 5.63. The van der Waals surface area contributed by atoms with E-state index in [1.54, 1.807) is 26.0 Å². The molecule has 0 aliphatic rings. The Balaban J connectivity index is 1.62. The van der Waals surface area contributed by atoms with E-state index in [-0.39, 0.29) is 32.0 Å². The largest absolute Gasteiger partial charge is 0.466 e. The number of nitrogens with one attached hydrogen (secondary N) is 2. The van der Waals surface area contributed by atoms with Crippen molar-refractivity contribution in [3.8, 4) is 0 Å². The molecule has 0 saturated carbocycles. The number of hydrogen-bond acceptors (Lipinski definition) is 9. The van der Waals surface area contributed by atoms with Gasteiger partial charge in [-0.2, -0.15) is 9.97 Å². The maximum Gasteiger partial charge on any atom is 0.328 e. The van der Waals surface area contributed by atoms with Gasteiger partial charge in [0, 0.05) is 11.8 Å². The Bertz CT molecular complexity index is 1280. The van der Waals surface area contributed by atoms with Crippen molar-refractivity contribution in [2.24, 2.45) is 0 Å². The summed E-state index contributed by atoms with van der Waals surface area (Å²) in [5.41, 5.74) is 15.1. The van der Waals surface area contributed by atoms with Crippen LogP contribution in [0.3, 0.4) is 0 Å². The Morgan fingerprint density at radius 3 is 2.43 bits per heavy atom. The molecule has 11 nitrogen and oxygen atoms in total. The van der Waals surface area contributed by atoms with Gasteiger partial charge >= 0.3 is 11.9 Å². The third kappa shape index (κ3) is 7.29. The van der Waals surface area contributed by atoms with E-state index in [0.717, 1.165) is 16.5 Å². The fraction of sp³-hybridized carbons (Fsp3) is 0.346. The monoisotopic (exact) mass is 508 g/mol. The smallest absolute Gasteiger partial charge is 0.328 e. The molecular formula is C26H32N6O5. The molecule has 2 aromatic heterocycles. The van der Waals surface area contributed by atoms with Crippen LogP contribution in [0.15, 0.2) is 42.6 Å². The highest BCUT2D eigenvalue weighted by molar-refractivity contribution is 5.97. The first-order valence-corrected chi connectivity index (χ1v) is 12.0. The van der Waals surface area contributed by atoms with E-state index in [9.17, 15) is 14.4 Å². The molecule has 0 fully saturated rings. The van der Waals surface area contributed by atoms with Gasteiger partial charge in [-0.05, 0) is 56.4 Å². The highest BCUT2D eigenvalue weighted by atomic mass is 16.5. The summed E-state index contributed by atoms with van der Waals surface area (Å²) in [4.78, 5) is 48.2. The number of nitrogen functional groups attached to an aromatic ring is 2. The van der Waals surface area contributed by atoms with Crippen LogP contribution in [0, 0.1) is 0 Å². The highest BCUT2D eigenvalue weighted by Gasteiger charge is 2.24. The minimum atomic E-state index is -0.974. The molecule has 0 radical (unpaired) electrons. The maximum absolute atomic E-state index is 12.9. The average Bonchev–Trinajstić information content (AvgIpc) is 3.25. The first-order valence-electron chi connectivity index (χ1n) is 12.0. The van der Waals surface area contributed by atoms with Crippen LogP contribution in [-0.2, 0) is 31.9 Å². The number of nitrogens with zero attached hydrogens (tertiary/aromatic N) is 2. The molecule has 1 atom stereocenters. The Morgan fingerprint density at radius 1 is 1.05 bits per heavy atom. The fourth-order valence-corrected chi connectivity index (χ4v) is 3.90. The molecule has 11 heteroatoms. The highest BCUT2D eigenvalue weighted by Crippen LogP contribution is 2.24. The number of anilines is 2. The fourth-order valence-electron chi connectivity index (χ4n) is 3.90. The summed E-state index contributed by atoms with van der Waals surface area (Å²) < 4.78 is 10.0. The Kier molecular flexibility index (Phi) is 9.20. The van der Waals surface area contributed by atoms with Gasteiger partial charge in [0.1, 0.15) is 17.5 Å². The van der Waals surface area contributed by atoms with Gasteiger partial charge in [0.2, 0.25) is 5.95 Å². The number of aromatic amines is 1. The van der Waals surface area contributed by atoms with Crippen molar-refractivity contribution >= 4 is 40.6 Å². The zero-order chi connectivity index (χ0) is 26.9. The van der Waals surface area contributed by atoms with Crippen molar-refractivity contribution in [3.05, 3.63) is 59.3 Å². The van der Waals surface area contributed by atoms with E-state index in [4.69, 9.17) is 20.9 Å². The number of esters is 2. The number of carbonyl (C=O) groups is 3. The molecule has 3 rings (SSSR count). The van der Waals surface area contributed by atoms with Crippen molar-refractivity contribution in [1.82, 2.24) is 20.3 Å². The second kappa shape index (κ2) is 12.5. The molecular weight excluding hydrogens is 476 g/mol. The van der Waals surface area contributed by atoms with Crippen molar-refractivity contribution < 1.29 is 23.9 Å². The molecule has 0 unspecified atom stereocenters. The van der Waals surface area contributed by atoms with Gasteiger partial charge in [0.05, 0.1) is 25.0 Å². The third-order valence-electron chi connectivity index (χ3n) is 5.63. The molecule has 196 valence electrons. The zero-order valence-corrected chi connectivity index (χ0v) is 21.0.